The minimum absolute atomic E-state index is 0.0658. The second-order valence-electron chi connectivity index (χ2n) is 5.04. The molecule has 1 unspecified atom stereocenters. The van der Waals surface area contributed by atoms with Gasteiger partial charge in [-0.2, -0.15) is 4.68 Å². The quantitative estimate of drug-likeness (QED) is 0.866. The molecule has 0 bridgehead atoms. The minimum atomic E-state index is 0.0658. The fraction of sp³-hybridized carbons (Fsp3) is 0.333. The number of hydrogen-bond acceptors (Lipinski definition) is 4. The van der Waals surface area contributed by atoms with Crippen LogP contribution in [0.4, 0.5) is 0 Å². The molecule has 1 heterocycles. The maximum Gasteiger partial charge on any atom is 0.223 e. The van der Waals surface area contributed by atoms with Crippen molar-refractivity contribution in [3.8, 4) is 5.69 Å². The van der Waals surface area contributed by atoms with Gasteiger partial charge in [0.25, 0.3) is 0 Å². The SMILES string of the molecule is O=C(NCc1nnnn1-c1ccccc1)C1CC=CCC1. The van der Waals surface area contributed by atoms with Gasteiger partial charge in [0.05, 0.1) is 12.2 Å². The molecule has 1 N–H and O–H groups in total. The number of benzene rings is 1. The van der Waals surface area contributed by atoms with Gasteiger partial charge in [0.1, 0.15) is 0 Å². The Hall–Kier alpha value is -2.50. The lowest BCUT2D eigenvalue weighted by atomic mass is 9.94. The van der Waals surface area contributed by atoms with Gasteiger partial charge in [-0.05, 0) is 41.8 Å². The first-order valence-electron chi connectivity index (χ1n) is 7.10. The number of tetrazole rings is 1. The van der Waals surface area contributed by atoms with Gasteiger partial charge in [-0.15, -0.1) is 5.10 Å². The molecule has 1 atom stereocenters. The molecule has 21 heavy (non-hydrogen) atoms. The molecule has 0 aliphatic heterocycles. The predicted molar refractivity (Wildman–Crippen MR) is 77.5 cm³/mol. The van der Waals surface area contributed by atoms with E-state index in [2.05, 4.69) is 33.0 Å². The fourth-order valence-corrected chi connectivity index (χ4v) is 2.43. The van der Waals surface area contributed by atoms with E-state index in [0.29, 0.717) is 12.4 Å². The number of carbonyl (C=O) groups is 1. The van der Waals surface area contributed by atoms with Crippen molar-refractivity contribution >= 4 is 5.91 Å². The summed E-state index contributed by atoms with van der Waals surface area (Å²) < 4.78 is 1.64. The average Bonchev–Trinajstić information content (AvgIpc) is 3.03. The monoisotopic (exact) mass is 283 g/mol. The maximum absolute atomic E-state index is 12.1. The van der Waals surface area contributed by atoms with E-state index in [4.69, 9.17) is 0 Å². The highest BCUT2D eigenvalue weighted by molar-refractivity contribution is 5.78. The first-order valence-corrected chi connectivity index (χ1v) is 7.10. The number of amides is 1. The molecule has 6 nitrogen and oxygen atoms in total. The Morgan fingerprint density at radius 2 is 2.14 bits per heavy atom. The van der Waals surface area contributed by atoms with Crippen LogP contribution in [0.3, 0.4) is 0 Å². The van der Waals surface area contributed by atoms with Crippen molar-refractivity contribution in [1.82, 2.24) is 25.5 Å². The van der Waals surface area contributed by atoms with Crippen LogP contribution in [0.25, 0.3) is 5.69 Å². The Balaban J connectivity index is 1.65. The summed E-state index contributed by atoms with van der Waals surface area (Å²) in [7, 11) is 0. The predicted octanol–water partition coefficient (Wildman–Crippen LogP) is 1.63. The van der Waals surface area contributed by atoms with E-state index in [-0.39, 0.29) is 11.8 Å². The number of rotatable bonds is 4. The van der Waals surface area contributed by atoms with Crippen LogP contribution >= 0.6 is 0 Å². The molecule has 1 amide bonds. The van der Waals surface area contributed by atoms with Gasteiger partial charge in [0, 0.05) is 5.92 Å². The van der Waals surface area contributed by atoms with Crippen LogP contribution in [0.5, 0.6) is 0 Å². The molecular weight excluding hydrogens is 266 g/mol. The highest BCUT2D eigenvalue weighted by Crippen LogP contribution is 2.18. The van der Waals surface area contributed by atoms with Crippen LogP contribution in [-0.2, 0) is 11.3 Å². The first kappa shape index (κ1) is 13.5. The Morgan fingerprint density at radius 3 is 2.90 bits per heavy atom. The summed E-state index contributed by atoms with van der Waals surface area (Å²) in [4.78, 5) is 12.1. The number of nitrogens with zero attached hydrogens (tertiary/aromatic N) is 4. The third-order valence-electron chi connectivity index (χ3n) is 3.60. The van der Waals surface area contributed by atoms with Crippen LogP contribution in [0, 0.1) is 5.92 Å². The van der Waals surface area contributed by atoms with Crippen molar-refractivity contribution in [3.63, 3.8) is 0 Å². The number of carbonyl (C=O) groups excluding carboxylic acids is 1. The second-order valence-corrected chi connectivity index (χ2v) is 5.04. The van der Waals surface area contributed by atoms with E-state index in [1.54, 1.807) is 4.68 Å². The molecular formula is C15H17N5O. The number of allylic oxidation sites excluding steroid dienone is 2. The van der Waals surface area contributed by atoms with Crippen molar-refractivity contribution in [2.24, 2.45) is 5.92 Å². The first-order chi connectivity index (χ1) is 10.3. The lowest BCUT2D eigenvalue weighted by Crippen LogP contribution is -2.31. The summed E-state index contributed by atoms with van der Waals surface area (Å²) >= 11 is 0. The third kappa shape index (κ3) is 3.16. The van der Waals surface area contributed by atoms with Crippen LogP contribution in [0.1, 0.15) is 25.1 Å². The van der Waals surface area contributed by atoms with E-state index in [0.717, 1.165) is 24.9 Å². The third-order valence-corrected chi connectivity index (χ3v) is 3.60. The number of hydrogen-bond donors (Lipinski definition) is 1. The Labute approximate surface area is 122 Å². The molecule has 2 aromatic rings. The Kier molecular flexibility index (Phi) is 4.04. The summed E-state index contributed by atoms with van der Waals surface area (Å²) in [6.45, 7) is 0.334. The zero-order chi connectivity index (χ0) is 14.5. The largest absolute Gasteiger partial charge is 0.348 e. The normalized spacial score (nSPS) is 17.6. The summed E-state index contributed by atoms with van der Waals surface area (Å²) in [5.74, 6) is 0.763. The molecule has 0 spiro atoms. The highest BCUT2D eigenvalue weighted by atomic mass is 16.1. The van der Waals surface area contributed by atoms with Crippen LogP contribution in [0.15, 0.2) is 42.5 Å². The van der Waals surface area contributed by atoms with Gasteiger partial charge in [-0.1, -0.05) is 30.4 Å². The van der Waals surface area contributed by atoms with E-state index in [9.17, 15) is 4.79 Å². The number of nitrogens with one attached hydrogen (secondary N) is 1. The topological polar surface area (TPSA) is 72.7 Å². The van der Waals surface area contributed by atoms with Gasteiger partial charge >= 0.3 is 0 Å². The summed E-state index contributed by atoms with van der Waals surface area (Å²) in [5, 5.41) is 14.6. The minimum Gasteiger partial charge on any atom is -0.348 e. The van der Waals surface area contributed by atoms with E-state index in [1.807, 2.05) is 30.3 Å². The van der Waals surface area contributed by atoms with Crippen LogP contribution in [0.2, 0.25) is 0 Å². The molecule has 0 saturated heterocycles. The van der Waals surface area contributed by atoms with Crippen molar-refractivity contribution < 1.29 is 4.79 Å². The zero-order valence-corrected chi connectivity index (χ0v) is 11.6. The molecule has 1 aliphatic carbocycles. The smallest absolute Gasteiger partial charge is 0.223 e. The van der Waals surface area contributed by atoms with Gasteiger partial charge in [-0.25, -0.2) is 0 Å². The van der Waals surface area contributed by atoms with Crippen molar-refractivity contribution in [3.05, 3.63) is 48.3 Å². The molecule has 0 radical (unpaired) electrons. The molecule has 0 fully saturated rings. The molecule has 3 rings (SSSR count). The molecule has 0 saturated carbocycles. The molecule has 1 aliphatic rings. The molecule has 108 valence electrons. The maximum atomic E-state index is 12.1. The lowest BCUT2D eigenvalue weighted by Gasteiger charge is -2.16. The number of para-hydroxylation sites is 1. The Morgan fingerprint density at radius 1 is 1.29 bits per heavy atom. The standard InChI is InChI=1S/C15H17N5O/c21-15(12-7-3-1-4-8-12)16-11-14-17-18-19-20(14)13-9-5-2-6-10-13/h1-3,5-6,9-10,12H,4,7-8,11H2,(H,16,21). The summed E-state index contributed by atoms with van der Waals surface area (Å²) in [6.07, 6.45) is 6.89. The van der Waals surface area contributed by atoms with Gasteiger partial charge < -0.3 is 5.32 Å². The van der Waals surface area contributed by atoms with Gasteiger partial charge in [-0.3, -0.25) is 4.79 Å². The van der Waals surface area contributed by atoms with Crippen LogP contribution < -0.4 is 5.32 Å². The fourth-order valence-electron chi connectivity index (χ4n) is 2.43. The molecule has 1 aromatic carbocycles. The Bertz CT molecular complexity index is 635. The summed E-state index contributed by atoms with van der Waals surface area (Å²) in [6, 6.07) is 9.63. The van der Waals surface area contributed by atoms with Crippen molar-refractivity contribution in [1.29, 1.82) is 0 Å². The summed E-state index contributed by atoms with van der Waals surface area (Å²) in [5.41, 5.74) is 0.882. The molecule has 1 aromatic heterocycles. The lowest BCUT2D eigenvalue weighted by molar-refractivity contribution is -0.125. The van der Waals surface area contributed by atoms with E-state index >= 15 is 0 Å². The van der Waals surface area contributed by atoms with Crippen molar-refractivity contribution in [2.45, 2.75) is 25.8 Å². The number of aromatic nitrogens is 4. The van der Waals surface area contributed by atoms with Crippen molar-refractivity contribution in [2.75, 3.05) is 0 Å². The average molecular weight is 283 g/mol. The van der Waals surface area contributed by atoms with E-state index < -0.39 is 0 Å². The van der Waals surface area contributed by atoms with Gasteiger partial charge in [0.2, 0.25) is 5.91 Å². The molecule has 6 heteroatoms. The highest BCUT2D eigenvalue weighted by Gasteiger charge is 2.19. The van der Waals surface area contributed by atoms with E-state index in [1.165, 1.54) is 0 Å². The zero-order valence-electron chi connectivity index (χ0n) is 11.6. The van der Waals surface area contributed by atoms with Crippen LogP contribution in [-0.4, -0.2) is 26.1 Å². The van der Waals surface area contributed by atoms with Gasteiger partial charge in [0.15, 0.2) is 5.82 Å². The second kappa shape index (κ2) is 6.30.